The van der Waals surface area contributed by atoms with Gasteiger partial charge in [0.1, 0.15) is 15.6 Å². The van der Waals surface area contributed by atoms with Crippen LogP contribution in [-0.2, 0) is 16.4 Å². The minimum Gasteiger partial charge on any atom is -0.497 e. The van der Waals surface area contributed by atoms with E-state index in [1.165, 1.54) is 6.26 Å². The fourth-order valence-corrected chi connectivity index (χ4v) is 2.60. The van der Waals surface area contributed by atoms with Crippen LogP contribution in [0.3, 0.4) is 0 Å². The molecule has 0 spiro atoms. The van der Waals surface area contributed by atoms with Crippen molar-refractivity contribution in [3.05, 3.63) is 29.8 Å². The Kier molecular flexibility index (Phi) is 7.17. The molecular formula is C15H25N3O3S. The van der Waals surface area contributed by atoms with Gasteiger partial charge in [0.2, 0.25) is 0 Å². The second-order valence-electron chi connectivity index (χ2n) is 5.24. The van der Waals surface area contributed by atoms with Crippen molar-refractivity contribution in [1.29, 1.82) is 0 Å². The first-order chi connectivity index (χ1) is 10.3. The maximum Gasteiger partial charge on any atom is 0.191 e. The van der Waals surface area contributed by atoms with Gasteiger partial charge in [-0.2, -0.15) is 0 Å². The number of nitrogens with zero attached hydrogens (tertiary/aromatic N) is 1. The molecule has 0 saturated heterocycles. The first kappa shape index (κ1) is 18.3. The third-order valence-corrected chi connectivity index (χ3v) is 4.12. The summed E-state index contributed by atoms with van der Waals surface area (Å²) < 4.78 is 27.5. The van der Waals surface area contributed by atoms with Gasteiger partial charge < -0.3 is 15.4 Å². The summed E-state index contributed by atoms with van der Waals surface area (Å²) in [7, 11) is 0.387. The topological polar surface area (TPSA) is 79.8 Å². The Balaban J connectivity index is 2.44. The monoisotopic (exact) mass is 327 g/mol. The molecule has 0 fully saturated rings. The van der Waals surface area contributed by atoms with Crippen molar-refractivity contribution in [2.45, 2.75) is 25.9 Å². The highest BCUT2D eigenvalue weighted by atomic mass is 32.2. The minimum absolute atomic E-state index is 0.0248. The number of methoxy groups -OCH3 is 1. The second-order valence-corrected chi connectivity index (χ2v) is 7.50. The van der Waals surface area contributed by atoms with Crippen LogP contribution in [0.1, 0.15) is 18.9 Å². The zero-order valence-electron chi connectivity index (χ0n) is 13.6. The van der Waals surface area contributed by atoms with E-state index >= 15 is 0 Å². The third-order valence-electron chi connectivity index (χ3n) is 3.15. The predicted octanol–water partition coefficient (Wildman–Crippen LogP) is 1.18. The van der Waals surface area contributed by atoms with E-state index in [9.17, 15) is 8.42 Å². The van der Waals surface area contributed by atoms with Gasteiger partial charge in [-0.3, -0.25) is 4.99 Å². The summed E-state index contributed by atoms with van der Waals surface area (Å²) in [6, 6.07) is 7.79. The van der Waals surface area contributed by atoms with E-state index in [0.29, 0.717) is 18.9 Å². The number of hydrogen-bond donors (Lipinski definition) is 2. The van der Waals surface area contributed by atoms with Gasteiger partial charge in [0.25, 0.3) is 0 Å². The van der Waals surface area contributed by atoms with E-state index in [1.54, 1.807) is 14.2 Å². The molecule has 124 valence electrons. The van der Waals surface area contributed by atoms with E-state index in [2.05, 4.69) is 15.6 Å². The average molecular weight is 327 g/mol. The van der Waals surface area contributed by atoms with Crippen LogP contribution in [0.2, 0.25) is 0 Å². The lowest BCUT2D eigenvalue weighted by Crippen LogP contribution is -2.42. The molecule has 0 aliphatic rings. The Labute approximate surface area is 132 Å². The van der Waals surface area contributed by atoms with Gasteiger partial charge in [0.05, 0.1) is 12.9 Å². The summed E-state index contributed by atoms with van der Waals surface area (Å²) in [6.45, 7) is 2.56. The first-order valence-electron chi connectivity index (χ1n) is 7.12. The number of guanidine groups is 1. The molecule has 1 atom stereocenters. The molecule has 0 radical (unpaired) electrons. The number of sulfone groups is 1. The Morgan fingerprint density at radius 2 is 1.95 bits per heavy atom. The maximum absolute atomic E-state index is 11.2. The van der Waals surface area contributed by atoms with Crippen molar-refractivity contribution in [2.75, 3.05) is 26.2 Å². The van der Waals surface area contributed by atoms with Crippen molar-refractivity contribution in [1.82, 2.24) is 10.6 Å². The number of benzene rings is 1. The highest BCUT2D eigenvalue weighted by Gasteiger charge is 2.09. The van der Waals surface area contributed by atoms with E-state index in [-0.39, 0.29) is 11.8 Å². The molecule has 2 N–H and O–H groups in total. The maximum atomic E-state index is 11.2. The Bertz CT molecular complexity index is 583. The van der Waals surface area contributed by atoms with Crippen LogP contribution in [0.15, 0.2) is 29.3 Å². The van der Waals surface area contributed by atoms with Gasteiger partial charge in [-0.15, -0.1) is 0 Å². The van der Waals surface area contributed by atoms with Crippen molar-refractivity contribution in [3.8, 4) is 5.75 Å². The zero-order valence-corrected chi connectivity index (χ0v) is 14.4. The fraction of sp³-hybridized carbons (Fsp3) is 0.533. The van der Waals surface area contributed by atoms with E-state index in [1.807, 2.05) is 31.2 Å². The molecule has 1 aromatic carbocycles. The molecule has 0 aromatic heterocycles. The van der Waals surface area contributed by atoms with E-state index in [0.717, 1.165) is 11.3 Å². The summed E-state index contributed by atoms with van der Waals surface area (Å²) in [5, 5.41) is 6.38. The standard InChI is InChI=1S/C15H25N3O3S/c1-12(9-10-22(4,19)20)18-15(16-2)17-11-13-5-7-14(21-3)8-6-13/h5-8,12H,9-11H2,1-4H3,(H2,16,17,18). The molecule has 22 heavy (non-hydrogen) atoms. The molecule has 7 heteroatoms. The molecule has 6 nitrogen and oxygen atoms in total. The van der Waals surface area contributed by atoms with Crippen molar-refractivity contribution in [2.24, 2.45) is 4.99 Å². The van der Waals surface area contributed by atoms with Gasteiger partial charge in [0.15, 0.2) is 5.96 Å². The fourth-order valence-electron chi connectivity index (χ4n) is 1.82. The molecule has 0 amide bonds. The van der Waals surface area contributed by atoms with E-state index in [4.69, 9.17) is 4.74 Å². The quantitative estimate of drug-likeness (QED) is 0.581. The van der Waals surface area contributed by atoms with Crippen LogP contribution in [-0.4, -0.2) is 46.6 Å². The number of aliphatic imine (C=N–C) groups is 1. The first-order valence-corrected chi connectivity index (χ1v) is 9.18. The van der Waals surface area contributed by atoms with Crippen molar-refractivity contribution >= 4 is 15.8 Å². The molecule has 1 unspecified atom stereocenters. The predicted molar refractivity (Wildman–Crippen MR) is 90.1 cm³/mol. The van der Waals surface area contributed by atoms with Gasteiger partial charge in [-0.25, -0.2) is 8.42 Å². The van der Waals surface area contributed by atoms with Crippen LogP contribution < -0.4 is 15.4 Å². The van der Waals surface area contributed by atoms with Crippen LogP contribution in [0.5, 0.6) is 5.75 Å². The molecule has 0 heterocycles. The molecular weight excluding hydrogens is 302 g/mol. The second kappa shape index (κ2) is 8.63. The highest BCUT2D eigenvalue weighted by Crippen LogP contribution is 2.10. The summed E-state index contributed by atoms with van der Waals surface area (Å²) in [5.41, 5.74) is 1.10. The SMILES string of the molecule is CN=C(NCc1ccc(OC)cc1)NC(C)CCS(C)(=O)=O. The van der Waals surface area contributed by atoms with Crippen LogP contribution >= 0.6 is 0 Å². The van der Waals surface area contributed by atoms with Crippen LogP contribution in [0.25, 0.3) is 0 Å². The lowest BCUT2D eigenvalue weighted by atomic mass is 10.2. The van der Waals surface area contributed by atoms with Crippen molar-refractivity contribution < 1.29 is 13.2 Å². The zero-order chi connectivity index (χ0) is 16.6. The number of ether oxygens (including phenoxy) is 1. The lowest BCUT2D eigenvalue weighted by Gasteiger charge is -2.17. The Hall–Kier alpha value is -1.76. The van der Waals surface area contributed by atoms with E-state index < -0.39 is 9.84 Å². The largest absolute Gasteiger partial charge is 0.497 e. The normalized spacial score (nSPS) is 13.5. The van der Waals surface area contributed by atoms with Gasteiger partial charge in [-0.05, 0) is 31.0 Å². The molecule has 0 aliphatic carbocycles. The third kappa shape index (κ3) is 7.31. The summed E-state index contributed by atoms with van der Waals surface area (Å²) in [6.07, 6.45) is 1.79. The van der Waals surface area contributed by atoms with Gasteiger partial charge in [0, 0.05) is 25.9 Å². The molecule has 0 aliphatic heterocycles. The number of hydrogen-bond acceptors (Lipinski definition) is 4. The molecule has 0 bridgehead atoms. The highest BCUT2D eigenvalue weighted by molar-refractivity contribution is 7.90. The number of nitrogens with one attached hydrogen (secondary N) is 2. The number of rotatable bonds is 7. The Morgan fingerprint density at radius 1 is 1.32 bits per heavy atom. The average Bonchev–Trinajstić information content (AvgIpc) is 2.49. The molecule has 1 aromatic rings. The minimum atomic E-state index is -2.94. The molecule has 1 rings (SSSR count). The summed E-state index contributed by atoms with van der Waals surface area (Å²) in [4.78, 5) is 4.14. The van der Waals surface area contributed by atoms with Gasteiger partial charge in [-0.1, -0.05) is 12.1 Å². The molecule has 0 saturated carbocycles. The smallest absolute Gasteiger partial charge is 0.191 e. The van der Waals surface area contributed by atoms with Crippen LogP contribution in [0.4, 0.5) is 0 Å². The Morgan fingerprint density at radius 3 is 2.45 bits per heavy atom. The lowest BCUT2D eigenvalue weighted by molar-refractivity contribution is 0.414. The summed E-state index contributed by atoms with van der Waals surface area (Å²) in [5.74, 6) is 1.63. The van der Waals surface area contributed by atoms with Crippen molar-refractivity contribution in [3.63, 3.8) is 0 Å². The van der Waals surface area contributed by atoms with Gasteiger partial charge >= 0.3 is 0 Å². The summed E-state index contributed by atoms with van der Waals surface area (Å²) >= 11 is 0. The van der Waals surface area contributed by atoms with Crippen LogP contribution in [0, 0.1) is 0 Å².